The van der Waals surface area contributed by atoms with Gasteiger partial charge in [0.15, 0.2) is 5.69 Å². The van der Waals surface area contributed by atoms with Crippen molar-refractivity contribution in [1.29, 1.82) is 0 Å². The van der Waals surface area contributed by atoms with Gasteiger partial charge in [-0.2, -0.15) is 5.10 Å². The topological polar surface area (TPSA) is 76.0 Å². The Morgan fingerprint density at radius 1 is 1.22 bits per heavy atom. The van der Waals surface area contributed by atoms with Crippen LogP contribution in [0.5, 0.6) is 0 Å². The Kier molecular flexibility index (Phi) is 6.21. The van der Waals surface area contributed by atoms with Gasteiger partial charge in [-0.15, -0.1) is 0 Å². The number of amides is 2. The number of anilines is 1. The number of benzene rings is 1. The van der Waals surface area contributed by atoms with Gasteiger partial charge in [0.05, 0.1) is 0 Å². The molecule has 27 heavy (non-hydrogen) atoms. The quantitative estimate of drug-likeness (QED) is 0.818. The minimum absolute atomic E-state index is 0.00392. The van der Waals surface area contributed by atoms with Crippen LogP contribution in [-0.2, 0) is 18.3 Å². The van der Waals surface area contributed by atoms with E-state index < -0.39 is 0 Å². The molecular weight excluding hydrogens is 347 g/mol. The van der Waals surface area contributed by atoms with E-state index in [2.05, 4.69) is 15.7 Å². The first kappa shape index (κ1) is 19.1. The third-order valence-electron chi connectivity index (χ3n) is 4.93. The van der Waals surface area contributed by atoms with Crippen molar-refractivity contribution in [3.63, 3.8) is 0 Å². The highest BCUT2D eigenvalue weighted by Gasteiger charge is 2.22. The van der Waals surface area contributed by atoms with Crippen LogP contribution in [0.15, 0.2) is 30.3 Å². The number of nitrogens with zero attached hydrogens (tertiary/aromatic N) is 2. The minimum atomic E-state index is -0.319. The lowest BCUT2D eigenvalue weighted by Crippen LogP contribution is -2.26. The number of hydrogen-bond acceptors (Lipinski definition) is 3. The maximum absolute atomic E-state index is 13.2. The van der Waals surface area contributed by atoms with E-state index in [-0.39, 0.29) is 29.2 Å². The standard InChI is InChI=1S/C20H25FN4O2/c1-25-18(23-19(26)15-7-3-2-4-8-15)13-17(24-25)20(27)22-11-10-14-6-5-9-16(21)12-14/h5-6,9,12-13,15H,2-4,7-8,10-11H2,1H3,(H,22,27)(H,23,26). The van der Waals surface area contributed by atoms with Gasteiger partial charge in [0.1, 0.15) is 11.6 Å². The van der Waals surface area contributed by atoms with Gasteiger partial charge in [-0.1, -0.05) is 31.4 Å². The molecule has 7 heteroatoms. The van der Waals surface area contributed by atoms with Crippen molar-refractivity contribution in [3.05, 3.63) is 47.4 Å². The Balaban J connectivity index is 1.53. The lowest BCUT2D eigenvalue weighted by atomic mass is 9.89. The van der Waals surface area contributed by atoms with Crippen molar-refractivity contribution in [2.75, 3.05) is 11.9 Å². The van der Waals surface area contributed by atoms with Crippen LogP contribution in [0.25, 0.3) is 0 Å². The summed E-state index contributed by atoms with van der Waals surface area (Å²) in [4.78, 5) is 24.7. The van der Waals surface area contributed by atoms with E-state index >= 15 is 0 Å². The zero-order valence-electron chi connectivity index (χ0n) is 15.5. The summed E-state index contributed by atoms with van der Waals surface area (Å²) in [6.07, 6.45) is 5.72. The Morgan fingerprint density at radius 2 is 2.00 bits per heavy atom. The fraction of sp³-hybridized carbons (Fsp3) is 0.450. The molecule has 0 unspecified atom stereocenters. The molecule has 1 heterocycles. The zero-order chi connectivity index (χ0) is 19.2. The smallest absolute Gasteiger partial charge is 0.271 e. The first-order valence-electron chi connectivity index (χ1n) is 9.40. The van der Waals surface area contributed by atoms with Gasteiger partial charge in [0.2, 0.25) is 5.91 Å². The predicted molar refractivity (Wildman–Crippen MR) is 101 cm³/mol. The molecule has 1 aliphatic rings. The van der Waals surface area contributed by atoms with Crippen molar-refractivity contribution in [2.45, 2.75) is 38.5 Å². The fourth-order valence-corrected chi connectivity index (χ4v) is 3.39. The number of halogens is 1. The van der Waals surface area contributed by atoms with E-state index in [4.69, 9.17) is 0 Å². The molecule has 1 saturated carbocycles. The van der Waals surface area contributed by atoms with Gasteiger partial charge >= 0.3 is 0 Å². The molecular formula is C20H25FN4O2. The molecule has 1 aliphatic carbocycles. The van der Waals surface area contributed by atoms with Crippen LogP contribution in [0, 0.1) is 11.7 Å². The third-order valence-corrected chi connectivity index (χ3v) is 4.93. The summed E-state index contributed by atoms with van der Waals surface area (Å²) in [6, 6.07) is 7.88. The second kappa shape index (κ2) is 8.79. The molecule has 0 bridgehead atoms. The Labute approximate surface area is 158 Å². The predicted octanol–water partition coefficient (Wildman–Crippen LogP) is 3.05. The average molecular weight is 372 g/mol. The third kappa shape index (κ3) is 5.15. The lowest BCUT2D eigenvalue weighted by Gasteiger charge is -2.20. The number of aromatic nitrogens is 2. The molecule has 2 amide bonds. The van der Waals surface area contributed by atoms with Gasteiger partial charge in [0.25, 0.3) is 5.91 Å². The van der Waals surface area contributed by atoms with Crippen LogP contribution >= 0.6 is 0 Å². The number of carbonyl (C=O) groups excluding carboxylic acids is 2. The SMILES string of the molecule is Cn1nc(C(=O)NCCc2cccc(F)c2)cc1NC(=O)C1CCCCC1. The van der Waals surface area contributed by atoms with Gasteiger partial charge < -0.3 is 10.6 Å². The second-order valence-electron chi connectivity index (χ2n) is 7.00. The maximum Gasteiger partial charge on any atom is 0.271 e. The molecule has 0 saturated heterocycles. The number of carbonyl (C=O) groups is 2. The molecule has 0 spiro atoms. The van der Waals surface area contributed by atoms with E-state index in [1.165, 1.54) is 23.2 Å². The molecule has 144 valence electrons. The van der Waals surface area contributed by atoms with Crippen LogP contribution in [0.1, 0.15) is 48.2 Å². The summed E-state index contributed by atoms with van der Waals surface area (Å²) in [7, 11) is 1.69. The molecule has 1 aromatic heterocycles. The van der Waals surface area contributed by atoms with E-state index in [9.17, 15) is 14.0 Å². The van der Waals surface area contributed by atoms with E-state index in [1.54, 1.807) is 19.2 Å². The normalized spacial score (nSPS) is 14.7. The summed E-state index contributed by atoms with van der Waals surface area (Å²) in [5.74, 6) is -0.0594. The molecule has 1 aromatic carbocycles. The number of nitrogens with one attached hydrogen (secondary N) is 2. The summed E-state index contributed by atoms with van der Waals surface area (Å²) in [6.45, 7) is 0.378. The Morgan fingerprint density at radius 3 is 2.74 bits per heavy atom. The van der Waals surface area contributed by atoms with Crippen molar-refractivity contribution in [3.8, 4) is 0 Å². The number of aryl methyl sites for hydroxylation is 1. The molecule has 1 fully saturated rings. The van der Waals surface area contributed by atoms with E-state index in [1.807, 2.05) is 6.07 Å². The first-order valence-corrected chi connectivity index (χ1v) is 9.40. The van der Waals surface area contributed by atoms with Crippen LogP contribution in [0.2, 0.25) is 0 Å². The average Bonchev–Trinajstić information content (AvgIpc) is 3.03. The summed E-state index contributed by atoms with van der Waals surface area (Å²) < 4.78 is 14.7. The van der Waals surface area contributed by atoms with Crippen LogP contribution in [0.4, 0.5) is 10.2 Å². The van der Waals surface area contributed by atoms with Crippen molar-refractivity contribution >= 4 is 17.6 Å². The minimum Gasteiger partial charge on any atom is -0.350 e. The molecule has 0 radical (unpaired) electrons. The molecule has 3 rings (SSSR count). The molecule has 2 aromatic rings. The lowest BCUT2D eigenvalue weighted by molar-refractivity contribution is -0.120. The molecule has 0 aliphatic heterocycles. The highest BCUT2D eigenvalue weighted by atomic mass is 19.1. The summed E-state index contributed by atoms with van der Waals surface area (Å²) >= 11 is 0. The summed E-state index contributed by atoms with van der Waals surface area (Å²) in [5.41, 5.74) is 1.06. The molecule has 2 N–H and O–H groups in total. The van der Waals surface area contributed by atoms with E-state index in [0.29, 0.717) is 18.8 Å². The van der Waals surface area contributed by atoms with E-state index in [0.717, 1.165) is 31.2 Å². The van der Waals surface area contributed by atoms with Crippen LogP contribution < -0.4 is 10.6 Å². The van der Waals surface area contributed by atoms with Gasteiger partial charge in [-0.3, -0.25) is 14.3 Å². The van der Waals surface area contributed by atoms with Gasteiger partial charge in [0, 0.05) is 25.6 Å². The Hall–Kier alpha value is -2.70. The highest BCUT2D eigenvalue weighted by Crippen LogP contribution is 2.25. The van der Waals surface area contributed by atoms with Crippen LogP contribution in [-0.4, -0.2) is 28.1 Å². The summed E-state index contributed by atoms with van der Waals surface area (Å²) in [5, 5.41) is 9.84. The number of hydrogen-bond donors (Lipinski definition) is 2. The largest absolute Gasteiger partial charge is 0.350 e. The van der Waals surface area contributed by atoms with Crippen molar-refractivity contribution in [1.82, 2.24) is 15.1 Å². The van der Waals surface area contributed by atoms with Gasteiger partial charge in [-0.05, 0) is 37.0 Å². The van der Waals surface area contributed by atoms with Crippen molar-refractivity contribution in [2.24, 2.45) is 13.0 Å². The maximum atomic E-state index is 13.2. The molecule has 6 nitrogen and oxygen atoms in total. The number of rotatable bonds is 6. The second-order valence-corrected chi connectivity index (χ2v) is 7.00. The monoisotopic (exact) mass is 372 g/mol. The molecule has 0 atom stereocenters. The Bertz CT molecular complexity index is 812. The fourth-order valence-electron chi connectivity index (χ4n) is 3.39. The van der Waals surface area contributed by atoms with Crippen molar-refractivity contribution < 1.29 is 14.0 Å². The highest BCUT2D eigenvalue weighted by molar-refractivity contribution is 5.96. The zero-order valence-corrected chi connectivity index (χ0v) is 15.5. The van der Waals surface area contributed by atoms with Crippen LogP contribution in [0.3, 0.4) is 0 Å². The first-order chi connectivity index (χ1) is 13.0. The van der Waals surface area contributed by atoms with Gasteiger partial charge in [-0.25, -0.2) is 4.39 Å².